The summed E-state index contributed by atoms with van der Waals surface area (Å²) in [4.78, 5) is 10.8. The van der Waals surface area contributed by atoms with E-state index in [0.29, 0.717) is 18.2 Å². The number of carbonyl (C=O) groups is 1. The Balaban J connectivity index is 2.48. The van der Waals surface area contributed by atoms with E-state index in [4.69, 9.17) is 26.2 Å². The minimum Gasteiger partial charge on any atom is -0.478 e. The lowest BCUT2D eigenvalue weighted by atomic mass is 10.1. The molecule has 4 nitrogen and oxygen atoms in total. The van der Waals surface area contributed by atoms with Crippen molar-refractivity contribution in [3.05, 3.63) is 34.3 Å². The first-order valence-electron chi connectivity index (χ1n) is 6.00. The molecule has 0 aromatic heterocycles. The largest absolute Gasteiger partial charge is 0.478 e. The van der Waals surface area contributed by atoms with Gasteiger partial charge in [0.1, 0.15) is 0 Å². The molecule has 0 radical (unpaired) electrons. The Morgan fingerprint density at radius 3 is 2.63 bits per heavy atom. The highest BCUT2D eigenvalue weighted by Crippen LogP contribution is 2.19. The van der Waals surface area contributed by atoms with E-state index in [2.05, 4.69) is 0 Å². The molecule has 106 valence electrons. The molecule has 0 spiro atoms. The predicted molar refractivity (Wildman–Crippen MR) is 73.8 cm³/mol. The maximum Gasteiger partial charge on any atom is 0.335 e. The zero-order chi connectivity index (χ0) is 14.5. The molecular formula is C14H19ClO4. The van der Waals surface area contributed by atoms with Crippen LogP contribution in [0.3, 0.4) is 0 Å². The average molecular weight is 287 g/mol. The zero-order valence-electron chi connectivity index (χ0n) is 11.4. The van der Waals surface area contributed by atoms with Gasteiger partial charge in [0.2, 0.25) is 0 Å². The molecule has 0 aliphatic heterocycles. The third-order valence-electron chi connectivity index (χ3n) is 2.96. The SMILES string of the molecule is COC(C)(C)CCOCc1ccc(C(=O)O)cc1Cl. The molecule has 1 N–H and O–H groups in total. The summed E-state index contributed by atoms with van der Waals surface area (Å²) >= 11 is 6.00. The molecule has 0 amide bonds. The fourth-order valence-electron chi connectivity index (χ4n) is 1.40. The van der Waals surface area contributed by atoms with Crippen molar-refractivity contribution in [1.82, 2.24) is 0 Å². The van der Waals surface area contributed by atoms with Gasteiger partial charge in [0.05, 0.1) is 17.8 Å². The van der Waals surface area contributed by atoms with Gasteiger partial charge >= 0.3 is 5.97 Å². The first-order valence-corrected chi connectivity index (χ1v) is 6.38. The predicted octanol–water partition coefficient (Wildman–Crippen LogP) is 3.37. The van der Waals surface area contributed by atoms with Gasteiger partial charge in [-0.3, -0.25) is 0 Å². The number of rotatable bonds is 7. The molecule has 1 aromatic carbocycles. The van der Waals surface area contributed by atoms with Crippen LogP contribution in [-0.2, 0) is 16.1 Å². The van der Waals surface area contributed by atoms with Crippen LogP contribution in [0.1, 0.15) is 36.2 Å². The molecule has 0 aliphatic rings. The van der Waals surface area contributed by atoms with Crippen LogP contribution in [0.2, 0.25) is 5.02 Å². The van der Waals surface area contributed by atoms with Gasteiger partial charge in [-0.15, -0.1) is 0 Å². The first kappa shape index (κ1) is 16.0. The van der Waals surface area contributed by atoms with E-state index in [9.17, 15) is 4.79 Å². The number of ether oxygens (including phenoxy) is 2. The Bertz CT molecular complexity index is 443. The van der Waals surface area contributed by atoms with E-state index in [-0.39, 0.29) is 11.2 Å². The lowest BCUT2D eigenvalue weighted by Crippen LogP contribution is -2.24. The second-order valence-electron chi connectivity index (χ2n) is 4.88. The van der Waals surface area contributed by atoms with Crippen molar-refractivity contribution in [2.75, 3.05) is 13.7 Å². The molecule has 0 saturated heterocycles. The Labute approximate surface area is 118 Å². The van der Waals surface area contributed by atoms with Crippen LogP contribution in [0.4, 0.5) is 0 Å². The molecule has 1 aromatic rings. The topological polar surface area (TPSA) is 55.8 Å². The van der Waals surface area contributed by atoms with Crippen molar-refractivity contribution in [3.8, 4) is 0 Å². The van der Waals surface area contributed by atoms with E-state index in [1.165, 1.54) is 12.1 Å². The molecule has 1 rings (SSSR count). The van der Waals surface area contributed by atoms with E-state index in [0.717, 1.165) is 12.0 Å². The van der Waals surface area contributed by atoms with Crippen LogP contribution in [0.15, 0.2) is 18.2 Å². The van der Waals surface area contributed by atoms with Crippen molar-refractivity contribution in [3.63, 3.8) is 0 Å². The van der Waals surface area contributed by atoms with Crippen LogP contribution in [0.25, 0.3) is 0 Å². The maximum atomic E-state index is 10.8. The van der Waals surface area contributed by atoms with Gasteiger partial charge in [0.25, 0.3) is 0 Å². The van der Waals surface area contributed by atoms with Crippen molar-refractivity contribution in [2.24, 2.45) is 0 Å². The quantitative estimate of drug-likeness (QED) is 0.781. The highest BCUT2D eigenvalue weighted by molar-refractivity contribution is 6.31. The van der Waals surface area contributed by atoms with E-state index >= 15 is 0 Å². The fraction of sp³-hybridized carbons (Fsp3) is 0.500. The highest BCUT2D eigenvalue weighted by atomic mass is 35.5. The number of carboxylic acids is 1. The minimum atomic E-state index is -0.990. The zero-order valence-corrected chi connectivity index (χ0v) is 12.2. The highest BCUT2D eigenvalue weighted by Gasteiger charge is 2.15. The molecule has 0 heterocycles. The Hall–Kier alpha value is -1.10. The summed E-state index contributed by atoms with van der Waals surface area (Å²) in [5.74, 6) is -0.990. The van der Waals surface area contributed by atoms with Gasteiger partial charge < -0.3 is 14.6 Å². The number of aromatic carboxylic acids is 1. The Morgan fingerprint density at radius 2 is 2.11 bits per heavy atom. The summed E-state index contributed by atoms with van der Waals surface area (Å²) in [6.45, 7) is 4.90. The van der Waals surface area contributed by atoms with Gasteiger partial charge in [-0.05, 0) is 38.0 Å². The second-order valence-corrected chi connectivity index (χ2v) is 5.28. The van der Waals surface area contributed by atoms with Gasteiger partial charge in [-0.25, -0.2) is 4.79 Å². The van der Waals surface area contributed by atoms with Crippen molar-refractivity contribution < 1.29 is 19.4 Å². The van der Waals surface area contributed by atoms with Crippen LogP contribution >= 0.6 is 11.6 Å². The first-order chi connectivity index (χ1) is 8.85. The number of hydrogen-bond donors (Lipinski definition) is 1. The van der Waals surface area contributed by atoms with Crippen LogP contribution in [0.5, 0.6) is 0 Å². The number of methoxy groups -OCH3 is 1. The molecular weight excluding hydrogens is 268 g/mol. The second kappa shape index (κ2) is 6.89. The number of halogens is 1. The number of benzene rings is 1. The number of hydrogen-bond acceptors (Lipinski definition) is 3. The molecule has 0 unspecified atom stereocenters. The summed E-state index contributed by atoms with van der Waals surface area (Å²) < 4.78 is 10.8. The summed E-state index contributed by atoms with van der Waals surface area (Å²) in [7, 11) is 1.67. The van der Waals surface area contributed by atoms with Crippen LogP contribution in [-0.4, -0.2) is 30.4 Å². The van der Waals surface area contributed by atoms with Crippen LogP contribution in [0, 0.1) is 0 Å². The fourth-order valence-corrected chi connectivity index (χ4v) is 1.63. The van der Waals surface area contributed by atoms with E-state index < -0.39 is 5.97 Å². The molecule has 0 atom stereocenters. The number of carboxylic acid groups (broad SMARTS) is 1. The smallest absolute Gasteiger partial charge is 0.335 e. The average Bonchev–Trinajstić information content (AvgIpc) is 2.36. The van der Waals surface area contributed by atoms with E-state index in [1.54, 1.807) is 13.2 Å². The summed E-state index contributed by atoms with van der Waals surface area (Å²) in [6, 6.07) is 4.63. The third-order valence-corrected chi connectivity index (χ3v) is 3.31. The van der Waals surface area contributed by atoms with Crippen molar-refractivity contribution in [2.45, 2.75) is 32.5 Å². The normalized spacial score (nSPS) is 11.6. The monoisotopic (exact) mass is 286 g/mol. The van der Waals surface area contributed by atoms with Gasteiger partial charge in [0, 0.05) is 18.7 Å². The Morgan fingerprint density at radius 1 is 1.42 bits per heavy atom. The molecule has 0 fully saturated rings. The molecule has 5 heteroatoms. The lowest BCUT2D eigenvalue weighted by molar-refractivity contribution is -0.0124. The molecule has 0 aliphatic carbocycles. The summed E-state index contributed by atoms with van der Waals surface area (Å²) in [5.41, 5.74) is 0.743. The standard InChI is InChI=1S/C14H19ClO4/c1-14(2,18-3)6-7-19-9-11-5-4-10(13(16)17)8-12(11)15/h4-5,8H,6-7,9H2,1-3H3,(H,16,17). The third kappa shape index (κ3) is 5.19. The lowest BCUT2D eigenvalue weighted by Gasteiger charge is -2.22. The summed E-state index contributed by atoms with van der Waals surface area (Å²) in [6.07, 6.45) is 0.772. The minimum absolute atomic E-state index is 0.175. The van der Waals surface area contributed by atoms with Crippen molar-refractivity contribution >= 4 is 17.6 Å². The molecule has 19 heavy (non-hydrogen) atoms. The van der Waals surface area contributed by atoms with Crippen LogP contribution < -0.4 is 0 Å². The summed E-state index contributed by atoms with van der Waals surface area (Å²) in [5, 5.41) is 9.24. The maximum absolute atomic E-state index is 10.8. The van der Waals surface area contributed by atoms with Crippen molar-refractivity contribution in [1.29, 1.82) is 0 Å². The van der Waals surface area contributed by atoms with Gasteiger partial charge in [0.15, 0.2) is 0 Å². The molecule has 0 bridgehead atoms. The van der Waals surface area contributed by atoms with Gasteiger partial charge in [-0.2, -0.15) is 0 Å². The van der Waals surface area contributed by atoms with Gasteiger partial charge in [-0.1, -0.05) is 17.7 Å². The van der Waals surface area contributed by atoms with E-state index in [1.807, 2.05) is 13.8 Å². The Kier molecular flexibility index (Phi) is 5.79. The molecule has 0 saturated carbocycles.